The van der Waals surface area contributed by atoms with Crippen LogP contribution in [0.1, 0.15) is 5.56 Å². The SMILES string of the molecule is O=C(NCCCl)C1Cc2ccccc2O1. The third-order valence-electron chi connectivity index (χ3n) is 2.33. The number of rotatable bonds is 3. The van der Waals surface area contributed by atoms with Gasteiger partial charge in [0.2, 0.25) is 0 Å². The largest absolute Gasteiger partial charge is 0.480 e. The number of alkyl halides is 1. The Morgan fingerprint density at radius 2 is 2.33 bits per heavy atom. The van der Waals surface area contributed by atoms with Gasteiger partial charge in [-0.05, 0) is 11.6 Å². The molecule has 0 bridgehead atoms. The Bertz CT molecular complexity index is 342. The van der Waals surface area contributed by atoms with E-state index < -0.39 is 6.10 Å². The number of halogens is 1. The second kappa shape index (κ2) is 4.53. The second-order valence-electron chi connectivity index (χ2n) is 3.40. The van der Waals surface area contributed by atoms with Crippen molar-refractivity contribution in [3.8, 4) is 5.75 Å². The minimum Gasteiger partial charge on any atom is -0.480 e. The van der Waals surface area contributed by atoms with Gasteiger partial charge in [-0.3, -0.25) is 4.79 Å². The van der Waals surface area contributed by atoms with E-state index in [0.29, 0.717) is 18.8 Å². The summed E-state index contributed by atoms with van der Waals surface area (Å²) in [5, 5.41) is 2.71. The van der Waals surface area contributed by atoms with Crippen LogP contribution in [0.5, 0.6) is 5.75 Å². The lowest BCUT2D eigenvalue weighted by Gasteiger charge is -2.09. The van der Waals surface area contributed by atoms with E-state index in [9.17, 15) is 4.79 Å². The number of ether oxygens (including phenoxy) is 1. The van der Waals surface area contributed by atoms with E-state index in [1.165, 1.54) is 0 Å². The Morgan fingerprint density at radius 1 is 1.53 bits per heavy atom. The van der Waals surface area contributed by atoms with Crippen molar-refractivity contribution in [3.63, 3.8) is 0 Å². The Labute approximate surface area is 93.4 Å². The summed E-state index contributed by atoms with van der Waals surface area (Å²) in [6, 6.07) is 7.70. The minimum absolute atomic E-state index is 0.0909. The summed E-state index contributed by atoms with van der Waals surface area (Å²) in [6.45, 7) is 0.483. The second-order valence-corrected chi connectivity index (χ2v) is 3.78. The number of carbonyl (C=O) groups is 1. The van der Waals surface area contributed by atoms with Crippen LogP contribution < -0.4 is 10.1 Å². The van der Waals surface area contributed by atoms with Crippen LogP contribution >= 0.6 is 11.6 Å². The molecule has 1 heterocycles. The first-order valence-electron chi connectivity index (χ1n) is 4.89. The number of carbonyl (C=O) groups excluding carboxylic acids is 1. The summed E-state index contributed by atoms with van der Waals surface area (Å²) >= 11 is 5.49. The van der Waals surface area contributed by atoms with Crippen LogP contribution in [0, 0.1) is 0 Å². The van der Waals surface area contributed by atoms with Gasteiger partial charge in [-0.15, -0.1) is 11.6 Å². The van der Waals surface area contributed by atoms with Gasteiger partial charge in [-0.1, -0.05) is 18.2 Å². The molecule has 15 heavy (non-hydrogen) atoms. The Kier molecular flexibility index (Phi) is 3.11. The van der Waals surface area contributed by atoms with E-state index >= 15 is 0 Å². The highest BCUT2D eigenvalue weighted by molar-refractivity contribution is 6.18. The maximum Gasteiger partial charge on any atom is 0.261 e. The molecule has 1 aromatic rings. The normalized spacial score (nSPS) is 18.1. The van der Waals surface area contributed by atoms with Gasteiger partial charge in [-0.25, -0.2) is 0 Å². The number of para-hydroxylation sites is 1. The van der Waals surface area contributed by atoms with Gasteiger partial charge in [0, 0.05) is 18.8 Å². The number of amides is 1. The predicted molar refractivity (Wildman–Crippen MR) is 58.3 cm³/mol. The van der Waals surface area contributed by atoms with Crippen LogP contribution in [0.15, 0.2) is 24.3 Å². The van der Waals surface area contributed by atoms with E-state index in [-0.39, 0.29) is 5.91 Å². The van der Waals surface area contributed by atoms with Crippen molar-refractivity contribution < 1.29 is 9.53 Å². The number of hydrogen-bond acceptors (Lipinski definition) is 2. The first-order chi connectivity index (χ1) is 7.31. The quantitative estimate of drug-likeness (QED) is 0.789. The molecule has 3 nitrogen and oxygen atoms in total. The third-order valence-corrected chi connectivity index (χ3v) is 2.52. The van der Waals surface area contributed by atoms with Gasteiger partial charge >= 0.3 is 0 Å². The molecule has 2 rings (SSSR count). The number of nitrogens with one attached hydrogen (secondary N) is 1. The maximum absolute atomic E-state index is 11.6. The molecule has 80 valence electrons. The average molecular weight is 226 g/mol. The van der Waals surface area contributed by atoms with Crippen molar-refractivity contribution >= 4 is 17.5 Å². The Morgan fingerprint density at radius 3 is 3.07 bits per heavy atom. The molecule has 1 aliphatic rings. The topological polar surface area (TPSA) is 38.3 Å². The van der Waals surface area contributed by atoms with Gasteiger partial charge in [0.25, 0.3) is 5.91 Å². The smallest absolute Gasteiger partial charge is 0.261 e. The first kappa shape index (κ1) is 10.3. The third kappa shape index (κ3) is 2.23. The molecule has 4 heteroatoms. The summed E-state index contributed by atoms with van der Waals surface area (Å²) in [4.78, 5) is 11.6. The fraction of sp³-hybridized carbons (Fsp3) is 0.364. The molecule has 0 aromatic heterocycles. The lowest BCUT2D eigenvalue weighted by atomic mass is 10.1. The van der Waals surface area contributed by atoms with E-state index in [1.54, 1.807) is 0 Å². The minimum atomic E-state index is -0.398. The summed E-state index contributed by atoms with van der Waals surface area (Å²) in [5.41, 5.74) is 1.09. The van der Waals surface area contributed by atoms with Crippen LogP contribution in [0.2, 0.25) is 0 Å². The van der Waals surface area contributed by atoms with E-state index in [4.69, 9.17) is 16.3 Å². The molecule has 1 amide bonds. The monoisotopic (exact) mass is 225 g/mol. The fourth-order valence-corrected chi connectivity index (χ4v) is 1.71. The zero-order chi connectivity index (χ0) is 10.7. The Hall–Kier alpha value is -1.22. The predicted octanol–water partition coefficient (Wildman–Crippen LogP) is 1.35. The van der Waals surface area contributed by atoms with Crippen molar-refractivity contribution in [2.24, 2.45) is 0 Å². The van der Waals surface area contributed by atoms with Crippen molar-refractivity contribution in [1.82, 2.24) is 5.32 Å². The van der Waals surface area contributed by atoms with Crippen LogP contribution in [-0.4, -0.2) is 24.4 Å². The van der Waals surface area contributed by atoms with Crippen molar-refractivity contribution in [3.05, 3.63) is 29.8 Å². The van der Waals surface area contributed by atoms with E-state index in [1.807, 2.05) is 24.3 Å². The zero-order valence-electron chi connectivity index (χ0n) is 8.20. The molecule has 1 aromatic carbocycles. The lowest BCUT2D eigenvalue weighted by Crippen LogP contribution is -2.38. The molecule has 1 atom stereocenters. The Balaban J connectivity index is 1.98. The number of benzene rings is 1. The molecule has 0 spiro atoms. The molecule has 0 aliphatic carbocycles. The van der Waals surface area contributed by atoms with Gasteiger partial charge in [0.1, 0.15) is 5.75 Å². The maximum atomic E-state index is 11.6. The summed E-state index contributed by atoms with van der Waals surface area (Å²) < 4.78 is 5.51. The molecular weight excluding hydrogens is 214 g/mol. The summed E-state index contributed by atoms with van der Waals surface area (Å²) in [7, 11) is 0. The highest BCUT2D eigenvalue weighted by atomic mass is 35.5. The highest BCUT2D eigenvalue weighted by Gasteiger charge is 2.28. The molecule has 0 radical (unpaired) electrons. The van der Waals surface area contributed by atoms with Crippen LogP contribution in [-0.2, 0) is 11.2 Å². The van der Waals surface area contributed by atoms with Crippen LogP contribution in [0.3, 0.4) is 0 Å². The molecule has 0 fully saturated rings. The molecule has 1 aliphatic heterocycles. The molecular formula is C11H12ClNO2. The number of hydrogen-bond donors (Lipinski definition) is 1. The highest BCUT2D eigenvalue weighted by Crippen LogP contribution is 2.27. The van der Waals surface area contributed by atoms with Crippen LogP contribution in [0.4, 0.5) is 0 Å². The van der Waals surface area contributed by atoms with Gasteiger partial charge in [0.15, 0.2) is 6.10 Å². The first-order valence-corrected chi connectivity index (χ1v) is 5.43. The molecule has 1 unspecified atom stereocenters. The van der Waals surface area contributed by atoms with Crippen molar-refractivity contribution in [2.75, 3.05) is 12.4 Å². The van der Waals surface area contributed by atoms with Crippen molar-refractivity contribution in [1.29, 1.82) is 0 Å². The van der Waals surface area contributed by atoms with Gasteiger partial charge < -0.3 is 10.1 Å². The summed E-state index contributed by atoms with van der Waals surface area (Å²) in [6.07, 6.45) is 0.246. The van der Waals surface area contributed by atoms with Gasteiger partial charge in [-0.2, -0.15) is 0 Å². The zero-order valence-corrected chi connectivity index (χ0v) is 8.96. The lowest BCUT2D eigenvalue weighted by molar-refractivity contribution is -0.127. The van der Waals surface area contributed by atoms with E-state index in [2.05, 4.69) is 5.32 Å². The fourth-order valence-electron chi connectivity index (χ4n) is 1.61. The van der Waals surface area contributed by atoms with E-state index in [0.717, 1.165) is 11.3 Å². The molecule has 1 N–H and O–H groups in total. The van der Waals surface area contributed by atoms with Crippen molar-refractivity contribution in [2.45, 2.75) is 12.5 Å². The average Bonchev–Trinajstić information content (AvgIpc) is 2.69. The summed E-state index contributed by atoms with van der Waals surface area (Å²) in [5.74, 6) is 1.14. The van der Waals surface area contributed by atoms with Gasteiger partial charge in [0.05, 0.1) is 0 Å². The van der Waals surface area contributed by atoms with Crippen LogP contribution in [0.25, 0.3) is 0 Å². The molecule has 0 saturated heterocycles. The standard InChI is InChI=1S/C11H12ClNO2/c12-5-6-13-11(14)10-7-8-3-1-2-4-9(8)15-10/h1-4,10H,5-7H2,(H,13,14). The molecule has 0 saturated carbocycles. The number of fused-ring (bicyclic) bond motifs is 1.